The Morgan fingerprint density at radius 1 is 0.917 bits per heavy atom. The molecule has 0 heterocycles. The molecule has 3 aromatic carbocycles. The van der Waals surface area contributed by atoms with Crippen molar-refractivity contribution < 1.29 is 13.0 Å². The second-order valence-electron chi connectivity index (χ2n) is 4.92. The Hall–Kier alpha value is -3.15. The molecule has 3 rings (SSSR count). The van der Waals surface area contributed by atoms with Gasteiger partial charge in [-0.05, 0) is 30.3 Å². The Bertz CT molecular complexity index is 1100. The van der Waals surface area contributed by atoms with Gasteiger partial charge in [0.25, 0.3) is 10.1 Å². The predicted molar refractivity (Wildman–Crippen MR) is 89.1 cm³/mol. The molecule has 0 aliphatic carbocycles. The molecule has 0 amide bonds. The molecule has 0 radical (unpaired) electrons. The average molecular weight is 339 g/mol. The van der Waals surface area contributed by atoms with Crippen molar-refractivity contribution in [3.8, 4) is 0 Å². The zero-order chi connectivity index (χ0) is 17.2. The molecule has 24 heavy (non-hydrogen) atoms. The molecule has 0 fully saturated rings. The summed E-state index contributed by atoms with van der Waals surface area (Å²) in [6, 6.07) is 16.0. The smallest absolute Gasteiger partial charge is 0.282 e. The van der Waals surface area contributed by atoms with Crippen LogP contribution in [0.4, 0.5) is 17.1 Å². The van der Waals surface area contributed by atoms with Crippen molar-refractivity contribution >= 4 is 38.0 Å². The Labute approximate surface area is 137 Å². The third-order valence-corrected chi connectivity index (χ3v) is 4.22. The van der Waals surface area contributed by atoms with Gasteiger partial charge in [0.05, 0.1) is 21.7 Å². The van der Waals surface area contributed by atoms with E-state index >= 15 is 0 Å². The minimum absolute atomic E-state index is 0.252. The lowest BCUT2D eigenvalue weighted by molar-refractivity contribution is 0.483. The van der Waals surface area contributed by atoms with Crippen molar-refractivity contribution in [3.63, 3.8) is 0 Å². The van der Waals surface area contributed by atoms with E-state index in [-0.39, 0.29) is 10.6 Å². The van der Waals surface area contributed by atoms with Crippen molar-refractivity contribution in [1.82, 2.24) is 0 Å². The Kier molecular flexibility index (Phi) is 4.04. The first-order valence-electron chi connectivity index (χ1n) is 6.85. The fourth-order valence-corrected chi connectivity index (χ4v) is 2.78. The lowest BCUT2D eigenvalue weighted by atomic mass is 10.1. The summed E-state index contributed by atoms with van der Waals surface area (Å²) in [5, 5.41) is 18.6. The van der Waals surface area contributed by atoms with Crippen molar-refractivity contribution in [1.29, 1.82) is 5.39 Å². The normalized spacial score (nSPS) is 11.7. The molecule has 0 aliphatic rings. The first-order valence-corrected chi connectivity index (χ1v) is 8.29. The van der Waals surface area contributed by atoms with Crippen LogP contribution in [0, 0.1) is 5.39 Å². The van der Waals surface area contributed by atoms with E-state index in [4.69, 9.17) is 9.95 Å². The molecule has 0 saturated heterocycles. The molecule has 0 unspecified atom stereocenters. The molecule has 0 aromatic heterocycles. The van der Waals surface area contributed by atoms with Gasteiger partial charge in [0, 0.05) is 11.5 Å². The predicted octanol–water partition coefficient (Wildman–Crippen LogP) is 4.99. The van der Waals surface area contributed by atoms with Crippen molar-refractivity contribution in [3.05, 3.63) is 65.6 Å². The summed E-state index contributed by atoms with van der Waals surface area (Å²) >= 11 is 0. The van der Waals surface area contributed by atoms with E-state index in [1.807, 2.05) is 18.2 Å². The largest absolute Gasteiger partial charge is 0.392 e. The molecule has 1 N–H and O–H groups in total. The van der Waals surface area contributed by atoms with E-state index in [0.717, 1.165) is 5.39 Å². The molecule has 0 bridgehead atoms. The lowest BCUT2D eigenvalue weighted by Crippen LogP contribution is -1.96. The van der Waals surface area contributed by atoms with Crippen molar-refractivity contribution in [2.45, 2.75) is 4.90 Å². The number of benzene rings is 3. The Balaban J connectivity index is 2.05. The van der Waals surface area contributed by atoms with Gasteiger partial charge in [0.1, 0.15) is 0 Å². The summed E-state index contributed by atoms with van der Waals surface area (Å²) < 4.78 is 31.4. The summed E-state index contributed by atoms with van der Waals surface area (Å²) in [5.74, 6) is 0. The van der Waals surface area contributed by atoms with Gasteiger partial charge in [-0.1, -0.05) is 24.3 Å². The fourth-order valence-electron chi connectivity index (χ4n) is 2.26. The van der Waals surface area contributed by atoms with Gasteiger partial charge >= 0.3 is 5.69 Å². The molecule has 7 nitrogen and oxygen atoms in total. The molecule has 0 spiro atoms. The zero-order valence-corrected chi connectivity index (χ0v) is 13.1. The summed E-state index contributed by atoms with van der Waals surface area (Å²) in [6.07, 6.45) is 0. The topological polar surface area (TPSA) is 107 Å². The van der Waals surface area contributed by atoms with Gasteiger partial charge < -0.3 is 0 Å². The minimum Gasteiger partial charge on any atom is -0.282 e. The van der Waals surface area contributed by atoms with Crippen molar-refractivity contribution in [2.75, 3.05) is 0 Å². The van der Waals surface area contributed by atoms with Crippen LogP contribution in [-0.2, 0) is 10.1 Å². The van der Waals surface area contributed by atoms with Gasteiger partial charge in [-0.25, -0.2) is 0 Å². The molecule has 118 valence electrons. The first kappa shape index (κ1) is 15.7. The van der Waals surface area contributed by atoms with Gasteiger partial charge in [-0.15, -0.1) is 5.11 Å². The second kappa shape index (κ2) is 6.16. The number of rotatable bonds is 3. The van der Waals surface area contributed by atoms with Gasteiger partial charge in [0.15, 0.2) is 4.98 Å². The number of diazo groups is 1. The van der Waals surface area contributed by atoms with Crippen LogP contribution in [0.3, 0.4) is 0 Å². The molecule has 0 aliphatic heterocycles. The standard InChI is InChI=1S/C16H10N4O3S/c17-18-15-8-9-16(14-7-2-1-6-13(14)15)20-19-11-4-3-5-12(10-11)24(21,22)23/h1-10H/p+1. The van der Waals surface area contributed by atoms with Crippen LogP contribution in [0.15, 0.2) is 75.8 Å². The van der Waals surface area contributed by atoms with Crippen LogP contribution in [0.25, 0.3) is 15.7 Å². The maximum Gasteiger partial charge on any atom is 0.392 e. The Morgan fingerprint density at radius 3 is 2.38 bits per heavy atom. The first-order chi connectivity index (χ1) is 11.5. The maximum atomic E-state index is 11.2. The highest BCUT2D eigenvalue weighted by atomic mass is 32.2. The number of hydrogen-bond donors (Lipinski definition) is 1. The minimum atomic E-state index is -4.29. The average Bonchev–Trinajstić information content (AvgIpc) is 2.59. The highest BCUT2D eigenvalue weighted by Gasteiger charge is 2.13. The highest BCUT2D eigenvalue weighted by Crippen LogP contribution is 2.34. The SMILES string of the molecule is N#[N+]c1ccc(N=Nc2cccc(S(=O)(=O)O)c2)c2ccccc12. The van der Waals surface area contributed by atoms with E-state index in [1.165, 1.54) is 18.2 Å². The maximum absolute atomic E-state index is 11.2. The third kappa shape index (κ3) is 3.12. The number of fused-ring (bicyclic) bond motifs is 1. The van der Waals surface area contributed by atoms with Gasteiger partial charge in [-0.3, -0.25) is 4.55 Å². The van der Waals surface area contributed by atoms with E-state index in [1.54, 1.807) is 24.3 Å². The number of azo groups is 1. The van der Waals surface area contributed by atoms with Crippen LogP contribution >= 0.6 is 0 Å². The van der Waals surface area contributed by atoms with Crippen LogP contribution in [0.1, 0.15) is 0 Å². The van der Waals surface area contributed by atoms with E-state index in [2.05, 4.69) is 15.2 Å². The summed E-state index contributed by atoms with van der Waals surface area (Å²) in [6.45, 7) is 0. The molecule has 8 heteroatoms. The number of hydrogen-bond acceptors (Lipinski definition) is 5. The fraction of sp³-hybridized carbons (Fsp3) is 0. The monoisotopic (exact) mass is 339 g/mol. The number of nitrogens with zero attached hydrogens (tertiary/aromatic N) is 4. The third-order valence-electron chi connectivity index (χ3n) is 3.37. The lowest BCUT2D eigenvalue weighted by Gasteiger charge is -2.00. The van der Waals surface area contributed by atoms with Crippen LogP contribution in [0.2, 0.25) is 0 Å². The molecular weight excluding hydrogens is 328 g/mol. The Morgan fingerprint density at radius 2 is 1.67 bits per heavy atom. The summed E-state index contributed by atoms with van der Waals surface area (Å²) in [5.41, 5.74) is 1.23. The summed E-state index contributed by atoms with van der Waals surface area (Å²) in [7, 11) is -4.29. The van der Waals surface area contributed by atoms with Crippen LogP contribution in [-0.4, -0.2) is 13.0 Å². The van der Waals surface area contributed by atoms with E-state index in [9.17, 15) is 8.42 Å². The molecular formula is C16H11N4O3S+. The molecule has 0 atom stereocenters. The molecule has 0 saturated carbocycles. The molecule has 3 aromatic rings. The summed E-state index contributed by atoms with van der Waals surface area (Å²) in [4.78, 5) is 2.98. The van der Waals surface area contributed by atoms with Crippen molar-refractivity contribution in [2.24, 2.45) is 10.2 Å². The quantitative estimate of drug-likeness (QED) is 0.412. The van der Waals surface area contributed by atoms with E-state index in [0.29, 0.717) is 16.8 Å². The van der Waals surface area contributed by atoms with E-state index < -0.39 is 10.1 Å². The zero-order valence-electron chi connectivity index (χ0n) is 12.2. The van der Waals surface area contributed by atoms with Crippen LogP contribution < -0.4 is 0 Å². The second-order valence-corrected chi connectivity index (χ2v) is 6.34. The van der Waals surface area contributed by atoms with Gasteiger partial charge in [0.2, 0.25) is 5.39 Å². The van der Waals surface area contributed by atoms with Gasteiger partial charge in [-0.2, -0.15) is 13.5 Å². The highest BCUT2D eigenvalue weighted by molar-refractivity contribution is 7.85. The van der Waals surface area contributed by atoms with Crippen LogP contribution in [0.5, 0.6) is 0 Å².